The zero-order chi connectivity index (χ0) is 14.3. The predicted molar refractivity (Wildman–Crippen MR) is 90.6 cm³/mol. The van der Waals surface area contributed by atoms with Gasteiger partial charge in [-0.3, -0.25) is 0 Å². The van der Waals surface area contributed by atoms with E-state index in [-0.39, 0.29) is 5.82 Å². The fraction of sp³-hybridized carbons (Fsp3) is 0. The van der Waals surface area contributed by atoms with Gasteiger partial charge in [0.25, 0.3) is 0 Å². The third-order valence-electron chi connectivity index (χ3n) is 1.92. The molecule has 0 fully saturated rings. The molecule has 0 aliphatic carbocycles. The first-order chi connectivity index (χ1) is 9.19. The zero-order valence-corrected chi connectivity index (χ0v) is 13.5. The summed E-state index contributed by atoms with van der Waals surface area (Å²) in [4.78, 5) is 3.21. The second-order valence-corrected chi connectivity index (χ2v) is 6.92. The molecule has 0 saturated heterocycles. The van der Waals surface area contributed by atoms with Crippen LogP contribution in [0.4, 0.5) is 4.39 Å². The average molecular weight is 329 g/mol. The lowest BCUT2D eigenvalue weighted by molar-refractivity contribution is 0.584. The minimum atomic E-state index is -0.257. The van der Waals surface area contributed by atoms with Crippen LogP contribution in [0.3, 0.4) is 0 Å². The maximum Gasteiger partial charge on any atom is 0.139 e. The van der Waals surface area contributed by atoms with Gasteiger partial charge in [0.15, 0.2) is 0 Å². The predicted octanol–water partition coefficient (Wildman–Crippen LogP) is 6.77. The van der Waals surface area contributed by atoms with E-state index in [1.807, 2.05) is 0 Å². The number of halogens is 1. The van der Waals surface area contributed by atoms with Crippen molar-refractivity contribution in [3.63, 3.8) is 0 Å². The first kappa shape index (κ1) is 16.6. The van der Waals surface area contributed by atoms with Crippen LogP contribution >= 0.6 is 47.0 Å². The van der Waals surface area contributed by atoms with Gasteiger partial charge in [0.05, 0.1) is 4.90 Å². The molecular formula is C14H13FS4. The molecule has 0 aliphatic heterocycles. The number of benzene rings is 1. The van der Waals surface area contributed by atoms with Gasteiger partial charge < -0.3 is 0 Å². The Hall–Kier alpha value is -0.490. The van der Waals surface area contributed by atoms with Crippen molar-refractivity contribution in [1.82, 2.24) is 0 Å². The molecule has 0 aliphatic rings. The van der Waals surface area contributed by atoms with Crippen molar-refractivity contribution in [2.24, 2.45) is 0 Å². The monoisotopic (exact) mass is 328 g/mol. The van der Waals surface area contributed by atoms with Crippen LogP contribution in [0.5, 0.6) is 0 Å². The summed E-state index contributed by atoms with van der Waals surface area (Å²) in [6.07, 6.45) is 0. The van der Waals surface area contributed by atoms with Gasteiger partial charge >= 0.3 is 0 Å². The van der Waals surface area contributed by atoms with E-state index >= 15 is 0 Å². The Labute approximate surface area is 130 Å². The summed E-state index contributed by atoms with van der Waals surface area (Å²) >= 11 is 5.54. The third-order valence-corrected chi connectivity index (χ3v) is 5.49. The molecule has 0 unspecified atom stereocenters. The molecule has 0 radical (unpaired) electrons. The highest BCUT2D eigenvalue weighted by atomic mass is 32.2. The molecule has 1 rings (SSSR count). The van der Waals surface area contributed by atoms with E-state index in [0.29, 0.717) is 4.90 Å². The molecule has 0 amide bonds. The van der Waals surface area contributed by atoms with E-state index in [1.54, 1.807) is 21.6 Å². The van der Waals surface area contributed by atoms with E-state index in [1.165, 1.54) is 53.1 Å². The topological polar surface area (TPSA) is 0 Å². The summed E-state index contributed by atoms with van der Waals surface area (Å²) < 4.78 is 14.2. The van der Waals surface area contributed by atoms with Crippen molar-refractivity contribution in [3.05, 3.63) is 59.8 Å². The molecule has 19 heavy (non-hydrogen) atoms. The zero-order valence-electron chi connectivity index (χ0n) is 10.2. The van der Waals surface area contributed by atoms with Gasteiger partial charge in [0, 0.05) is 14.7 Å². The molecule has 0 aromatic heterocycles. The molecule has 1 aromatic rings. The fourth-order valence-corrected chi connectivity index (χ4v) is 4.57. The molecular weight excluding hydrogens is 315 g/mol. The van der Waals surface area contributed by atoms with Gasteiger partial charge in [-0.15, -0.1) is 0 Å². The van der Waals surface area contributed by atoms with Gasteiger partial charge in [-0.2, -0.15) is 0 Å². The van der Waals surface area contributed by atoms with Crippen LogP contribution in [-0.4, -0.2) is 0 Å². The van der Waals surface area contributed by atoms with Crippen molar-refractivity contribution in [2.45, 2.75) is 19.6 Å². The standard InChI is InChI=1S/C14H13FS4/c1-5-16-11-9-10(15)12(17-6-2)14(19-8-4)13(11)18-7-3/h5-9H,1-4H2. The smallest absolute Gasteiger partial charge is 0.139 e. The van der Waals surface area contributed by atoms with Gasteiger partial charge in [-0.1, -0.05) is 73.4 Å². The van der Waals surface area contributed by atoms with Crippen LogP contribution in [0, 0.1) is 5.82 Å². The molecule has 0 nitrogen and oxygen atoms in total. The van der Waals surface area contributed by atoms with Crippen molar-refractivity contribution < 1.29 is 4.39 Å². The Morgan fingerprint density at radius 2 is 1.21 bits per heavy atom. The van der Waals surface area contributed by atoms with Crippen LogP contribution in [0.15, 0.2) is 73.6 Å². The van der Waals surface area contributed by atoms with E-state index in [2.05, 4.69) is 26.3 Å². The summed E-state index contributed by atoms with van der Waals surface area (Å²) in [6, 6.07) is 1.52. The van der Waals surface area contributed by atoms with Crippen molar-refractivity contribution in [1.29, 1.82) is 0 Å². The Balaban J connectivity index is 3.52. The third kappa shape index (κ3) is 4.24. The summed E-state index contributed by atoms with van der Waals surface area (Å²) in [6.45, 7) is 14.8. The lowest BCUT2D eigenvalue weighted by Crippen LogP contribution is -1.90. The molecule has 0 N–H and O–H groups in total. The SMILES string of the molecule is C=CSc1cc(F)c(SC=C)c(SC=C)c1SC=C. The van der Waals surface area contributed by atoms with Crippen molar-refractivity contribution >= 4 is 47.0 Å². The van der Waals surface area contributed by atoms with Crippen LogP contribution in [0.25, 0.3) is 0 Å². The van der Waals surface area contributed by atoms with Gasteiger partial charge in [-0.25, -0.2) is 4.39 Å². The Morgan fingerprint density at radius 1 is 0.737 bits per heavy atom. The second kappa shape index (κ2) is 8.64. The number of hydrogen-bond donors (Lipinski definition) is 0. The van der Waals surface area contributed by atoms with Gasteiger partial charge in [0.2, 0.25) is 0 Å². The number of thioether (sulfide) groups is 4. The highest BCUT2D eigenvalue weighted by molar-refractivity contribution is 8.07. The molecule has 1 aromatic carbocycles. The lowest BCUT2D eigenvalue weighted by Gasteiger charge is -2.14. The molecule has 0 bridgehead atoms. The summed E-state index contributed by atoms with van der Waals surface area (Å²) in [7, 11) is 0. The fourth-order valence-electron chi connectivity index (χ4n) is 1.33. The maximum atomic E-state index is 14.2. The van der Waals surface area contributed by atoms with Crippen LogP contribution < -0.4 is 0 Å². The maximum absolute atomic E-state index is 14.2. The van der Waals surface area contributed by atoms with Crippen LogP contribution in [-0.2, 0) is 0 Å². The highest BCUT2D eigenvalue weighted by Crippen LogP contribution is 2.46. The number of hydrogen-bond acceptors (Lipinski definition) is 4. The summed E-state index contributed by atoms with van der Waals surface area (Å²) in [5, 5.41) is 6.73. The number of rotatable bonds is 8. The van der Waals surface area contributed by atoms with Gasteiger partial charge in [-0.05, 0) is 27.7 Å². The lowest BCUT2D eigenvalue weighted by atomic mass is 10.3. The Kier molecular flexibility index (Phi) is 7.53. The summed E-state index contributed by atoms with van der Waals surface area (Å²) in [5.74, 6) is -0.257. The molecule has 0 spiro atoms. The second-order valence-electron chi connectivity index (χ2n) is 2.98. The largest absolute Gasteiger partial charge is 0.206 e. The summed E-state index contributed by atoms with van der Waals surface area (Å²) in [5.41, 5.74) is 0. The quantitative estimate of drug-likeness (QED) is 0.483. The van der Waals surface area contributed by atoms with Crippen molar-refractivity contribution in [3.8, 4) is 0 Å². The molecule has 100 valence electrons. The van der Waals surface area contributed by atoms with Crippen LogP contribution in [0.1, 0.15) is 0 Å². The molecule has 0 saturated carbocycles. The van der Waals surface area contributed by atoms with E-state index in [4.69, 9.17) is 0 Å². The Bertz CT molecular complexity index is 509. The molecule has 0 atom stereocenters. The minimum Gasteiger partial charge on any atom is -0.206 e. The molecule has 0 heterocycles. The van der Waals surface area contributed by atoms with E-state index < -0.39 is 0 Å². The highest BCUT2D eigenvalue weighted by Gasteiger charge is 2.18. The Morgan fingerprint density at radius 3 is 1.74 bits per heavy atom. The van der Waals surface area contributed by atoms with E-state index in [0.717, 1.165) is 14.7 Å². The average Bonchev–Trinajstić information content (AvgIpc) is 2.38. The first-order valence-electron chi connectivity index (χ1n) is 5.16. The minimum absolute atomic E-state index is 0.257. The van der Waals surface area contributed by atoms with Gasteiger partial charge in [0.1, 0.15) is 5.82 Å². The van der Waals surface area contributed by atoms with Crippen LogP contribution in [0.2, 0.25) is 0 Å². The first-order valence-corrected chi connectivity index (χ1v) is 8.68. The molecule has 5 heteroatoms. The van der Waals surface area contributed by atoms with E-state index in [9.17, 15) is 4.39 Å². The normalized spacial score (nSPS) is 9.95. The van der Waals surface area contributed by atoms with Crippen molar-refractivity contribution in [2.75, 3.05) is 0 Å².